The molecule has 0 heterocycles. The molecule has 0 fully saturated rings. The van der Waals surface area contributed by atoms with Crippen LogP contribution < -0.4 is 0 Å². The maximum absolute atomic E-state index is 10.9. The van der Waals surface area contributed by atoms with E-state index >= 15 is 0 Å². The highest BCUT2D eigenvalue weighted by Crippen LogP contribution is 2.30. The Hall–Kier alpha value is -0.450. The quantitative estimate of drug-likeness (QED) is 0.537. The van der Waals surface area contributed by atoms with Crippen LogP contribution in [0.2, 0.25) is 0 Å². The van der Waals surface area contributed by atoms with Gasteiger partial charge in [0.25, 0.3) is 0 Å². The Morgan fingerprint density at radius 1 is 1.46 bits per heavy atom. The van der Waals surface area contributed by atoms with E-state index in [1.807, 2.05) is 0 Å². The Kier molecular flexibility index (Phi) is 5.13. The van der Waals surface area contributed by atoms with Crippen LogP contribution in [0.5, 0.6) is 0 Å². The number of hydrogen-bond donors (Lipinski definition) is 3. The first kappa shape index (κ1) is 12.6. The van der Waals surface area contributed by atoms with E-state index in [1.165, 1.54) is 13.8 Å². The van der Waals surface area contributed by atoms with Crippen molar-refractivity contribution < 1.29 is 20.1 Å². The van der Waals surface area contributed by atoms with Gasteiger partial charge in [-0.25, -0.2) is 0 Å². The molecule has 3 N–H and O–H groups in total. The lowest BCUT2D eigenvalue weighted by Crippen LogP contribution is -2.39. The number of aliphatic hydroxyl groups excluding tert-OH is 3. The van der Waals surface area contributed by atoms with Gasteiger partial charge >= 0.3 is 0 Å². The molecule has 0 aromatic carbocycles. The summed E-state index contributed by atoms with van der Waals surface area (Å²) in [6.45, 7) is 2.50. The van der Waals surface area contributed by atoms with Gasteiger partial charge < -0.3 is 20.1 Å². The topological polar surface area (TPSA) is 77.8 Å². The third kappa shape index (κ3) is 3.42. The van der Waals surface area contributed by atoms with Crippen molar-refractivity contribution in [1.29, 1.82) is 0 Å². The van der Waals surface area contributed by atoms with Gasteiger partial charge in [-0.1, -0.05) is 0 Å². The molecule has 2 unspecified atom stereocenters. The average molecular weight is 190 g/mol. The SMILES string of the molecule is CC(=O)CC(CO)(CCO)C(C)O. The number of rotatable bonds is 6. The van der Waals surface area contributed by atoms with Crippen LogP contribution in [-0.4, -0.2) is 40.4 Å². The van der Waals surface area contributed by atoms with Crippen molar-refractivity contribution in [2.75, 3.05) is 13.2 Å². The zero-order chi connectivity index (χ0) is 10.5. The van der Waals surface area contributed by atoms with Crippen LogP contribution in [0.25, 0.3) is 0 Å². The molecule has 4 nitrogen and oxygen atoms in total. The van der Waals surface area contributed by atoms with Crippen molar-refractivity contribution in [1.82, 2.24) is 0 Å². The molecular formula is C9H18O4. The molecule has 4 heteroatoms. The summed E-state index contributed by atoms with van der Waals surface area (Å²) < 4.78 is 0. The normalized spacial score (nSPS) is 17.9. The Bertz CT molecular complexity index is 167. The fourth-order valence-electron chi connectivity index (χ4n) is 1.43. The number of carbonyl (C=O) groups excluding carboxylic acids is 1. The fraction of sp³-hybridized carbons (Fsp3) is 0.889. The van der Waals surface area contributed by atoms with Crippen molar-refractivity contribution in [3.8, 4) is 0 Å². The van der Waals surface area contributed by atoms with Crippen molar-refractivity contribution in [2.45, 2.75) is 32.8 Å². The Morgan fingerprint density at radius 3 is 2.23 bits per heavy atom. The summed E-state index contributed by atoms with van der Waals surface area (Å²) in [6.07, 6.45) is -0.462. The molecule has 0 rings (SSSR count). The number of Topliss-reactive ketones (excluding diaryl/α,β-unsaturated/α-hetero) is 1. The van der Waals surface area contributed by atoms with Gasteiger partial charge in [0.05, 0.1) is 12.7 Å². The van der Waals surface area contributed by atoms with Gasteiger partial charge in [0.2, 0.25) is 0 Å². The largest absolute Gasteiger partial charge is 0.396 e. The van der Waals surface area contributed by atoms with Gasteiger partial charge in [-0.15, -0.1) is 0 Å². The summed E-state index contributed by atoms with van der Waals surface area (Å²) in [7, 11) is 0. The van der Waals surface area contributed by atoms with E-state index in [1.54, 1.807) is 0 Å². The van der Waals surface area contributed by atoms with Crippen LogP contribution in [0.1, 0.15) is 26.7 Å². The summed E-state index contributed by atoms with van der Waals surface area (Å²) in [6, 6.07) is 0. The average Bonchev–Trinajstić information content (AvgIpc) is 2.02. The van der Waals surface area contributed by atoms with E-state index in [0.29, 0.717) is 0 Å². The molecule has 0 bridgehead atoms. The highest BCUT2D eigenvalue weighted by Gasteiger charge is 2.35. The molecular weight excluding hydrogens is 172 g/mol. The van der Waals surface area contributed by atoms with Gasteiger partial charge in [0, 0.05) is 18.4 Å². The molecule has 0 aromatic heterocycles. The first-order valence-corrected chi connectivity index (χ1v) is 4.38. The molecule has 0 aliphatic rings. The van der Waals surface area contributed by atoms with E-state index in [0.717, 1.165) is 0 Å². The fourth-order valence-corrected chi connectivity index (χ4v) is 1.43. The van der Waals surface area contributed by atoms with Crippen LogP contribution in [0.4, 0.5) is 0 Å². The Balaban J connectivity index is 4.53. The van der Waals surface area contributed by atoms with E-state index in [-0.39, 0.29) is 31.8 Å². The minimum Gasteiger partial charge on any atom is -0.396 e. The molecule has 0 saturated heterocycles. The van der Waals surface area contributed by atoms with E-state index in [2.05, 4.69) is 0 Å². The monoisotopic (exact) mass is 190 g/mol. The summed E-state index contributed by atoms with van der Waals surface area (Å²) in [5.41, 5.74) is -0.874. The molecule has 0 aliphatic heterocycles. The number of carbonyl (C=O) groups is 1. The molecule has 0 amide bonds. The van der Waals surface area contributed by atoms with E-state index in [9.17, 15) is 9.90 Å². The minimum absolute atomic E-state index is 0.0941. The lowest BCUT2D eigenvalue weighted by molar-refractivity contribution is -0.124. The highest BCUT2D eigenvalue weighted by molar-refractivity contribution is 5.76. The van der Waals surface area contributed by atoms with Crippen LogP contribution in [0, 0.1) is 5.41 Å². The zero-order valence-electron chi connectivity index (χ0n) is 8.16. The van der Waals surface area contributed by atoms with Gasteiger partial charge in [0.15, 0.2) is 0 Å². The first-order valence-electron chi connectivity index (χ1n) is 4.38. The van der Waals surface area contributed by atoms with Crippen molar-refractivity contribution in [2.24, 2.45) is 5.41 Å². The molecule has 0 aromatic rings. The van der Waals surface area contributed by atoms with E-state index in [4.69, 9.17) is 10.2 Å². The van der Waals surface area contributed by atoms with Crippen molar-refractivity contribution in [3.05, 3.63) is 0 Å². The Labute approximate surface area is 78.2 Å². The molecule has 2 atom stereocenters. The third-order valence-electron chi connectivity index (χ3n) is 2.41. The molecule has 0 saturated carbocycles. The van der Waals surface area contributed by atoms with Crippen molar-refractivity contribution in [3.63, 3.8) is 0 Å². The number of aliphatic hydroxyl groups is 3. The maximum Gasteiger partial charge on any atom is 0.130 e. The maximum atomic E-state index is 10.9. The van der Waals surface area contributed by atoms with Gasteiger partial charge in [-0.05, 0) is 20.3 Å². The summed E-state index contributed by atoms with van der Waals surface area (Å²) in [4.78, 5) is 10.9. The van der Waals surface area contributed by atoms with Crippen LogP contribution >= 0.6 is 0 Å². The number of ketones is 1. The lowest BCUT2D eigenvalue weighted by atomic mass is 9.76. The first-order chi connectivity index (χ1) is 5.98. The van der Waals surface area contributed by atoms with Crippen LogP contribution in [0.3, 0.4) is 0 Å². The standard InChI is InChI=1S/C9H18O4/c1-7(12)5-9(6-11,3-4-10)8(2)13/h8,10-11,13H,3-6H2,1-2H3. The van der Waals surface area contributed by atoms with E-state index < -0.39 is 11.5 Å². The van der Waals surface area contributed by atoms with Gasteiger partial charge in [-0.3, -0.25) is 0 Å². The second-order valence-corrected chi connectivity index (χ2v) is 3.55. The molecule has 0 spiro atoms. The highest BCUT2D eigenvalue weighted by atomic mass is 16.3. The van der Waals surface area contributed by atoms with Crippen LogP contribution in [0.15, 0.2) is 0 Å². The van der Waals surface area contributed by atoms with Gasteiger partial charge in [0.1, 0.15) is 5.78 Å². The minimum atomic E-state index is -0.874. The predicted molar refractivity (Wildman–Crippen MR) is 48.2 cm³/mol. The van der Waals surface area contributed by atoms with Gasteiger partial charge in [-0.2, -0.15) is 0 Å². The second-order valence-electron chi connectivity index (χ2n) is 3.55. The summed E-state index contributed by atoms with van der Waals surface area (Å²) >= 11 is 0. The molecule has 13 heavy (non-hydrogen) atoms. The van der Waals surface area contributed by atoms with Crippen molar-refractivity contribution >= 4 is 5.78 Å². The Morgan fingerprint density at radius 2 is 2.00 bits per heavy atom. The number of hydrogen-bond acceptors (Lipinski definition) is 4. The second kappa shape index (κ2) is 5.32. The lowest BCUT2D eigenvalue weighted by Gasteiger charge is -2.33. The smallest absolute Gasteiger partial charge is 0.130 e. The molecule has 0 aliphatic carbocycles. The van der Waals surface area contributed by atoms with Crippen LogP contribution in [-0.2, 0) is 4.79 Å². The molecule has 0 radical (unpaired) electrons. The summed E-state index contributed by atoms with van der Waals surface area (Å²) in [5, 5.41) is 27.3. The third-order valence-corrected chi connectivity index (χ3v) is 2.41. The predicted octanol–water partition coefficient (Wildman–Crippen LogP) is -0.293. The summed E-state index contributed by atoms with van der Waals surface area (Å²) in [5.74, 6) is -0.0941. The zero-order valence-corrected chi connectivity index (χ0v) is 8.16. The molecule has 78 valence electrons.